The predicted molar refractivity (Wildman–Crippen MR) is 71.4 cm³/mol. The number of hydrogen-bond donors (Lipinski definition) is 1. The standard InChI is InChI=1S/C14H18N2O4/c1-8-6-16(7-11(8)14(19)20-3)13(18)12-4-10(5-15-12)9(2)17/h4-5,8,11,15H,6-7H2,1-3H3. The fourth-order valence-electron chi connectivity index (χ4n) is 2.48. The van der Waals surface area contributed by atoms with Crippen LogP contribution in [-0.2, 0) is 9.53 Å². The van der Waals surface area contributed by atoms with Crippen molar-refractivity contribution in [2.75, 3.05) is 20.2 Å². The Kier molecular flexibility index (Phi) is 3.92. The van der Waals surface area contributed by atoms with Crippen molar-refractivity contribution >= 4 is 17.7 Å². The van der Waals surface area contributed by atoms with E-state index in [0.29, 0.717) is 24.3 Å². The average Bonchev–Trinajstić information content (AvgIpc) is 3.03. The minimum absolute atomic E-state index is 0.0636. The molecule has 0 saturated carbocycles. The highest BCUT2D eigenvalue weighted by molar-refractivity contribution is 5.99. The highest BCUT2D eigenvalue weighted by atomic mass is 16.5. The number of carbonyl (C=O) groups excluding carboxylic acids is 3. The van der Waals surface area contributed by atoms with Gasteiger partial charge in [0.25, 0.3) is 5.91 Å². The van der Waals surface area contributed by atoms with Crippen LogP contribution in [-0.4, -0.2) is 47.7 Å². The Balaban J connectivity index is 2.10. The van der Waals surface area contributed by atoms with E-state index in [1.807, 2.05) is 6.92 Å². The number of nitrogens with one attached hydrogen (secondary N) is 1. The molecule has 20 heavy (non-hydrogen) atoms. The van der Waals surface area contributed by atoms with E-state index in [9.17, 15) is 14.4 Å². The van der Waals surface area contributed by atoms with Gasteiger partial charge in [0.2, 0.25) is 0 Å². The van der Waals surface area contributed by atoms with E-state index in [1.54, 1.807) is 11.0 Å². The molecule has 1 N–H and O–H groups in total. The molecule has 1 amide bonds. The molecule has 2 atom stereocenters. The Morgan fingerprint density at radius 3 is 2.60 bits per heavy atom. The van der Waals surface area contributed by atoms with Crippen molar-refractivity contribution < 1.29 is 19.1 Å². The lowest BCUT2D eigenvalue weighted by molar-refractivity contribution is -0.146. The maximum absolute atomic E-state index is 12.3. The van der Waals surface area contributed by atoms with Crippen molar-refractivity contribution in [1.82, 2.24) is 9.88 Å². The highest BCUT2D eigenvalue weighted by Crippen LogP contribution is 2.25. The molecule has 0 bridgehead atoms. The second-order valence-corrected chi connectivity index (χ2v) is 5.18. The SMILES string of the molecule is COC(=O)C1CN(C(=O)c2cc(C(C)=O)c[nH]2)CC1C. The van der Waals surface area contributed by atoms with Crippen molar-refractivity contribution in [2.45, 2.75) is 13.8 Å². The number of methoxy groups -OCH3 is 1. The number of aromatic amines is 1. The zero-order valence-corrected chi connectivity index (χ0v) is 11.8. The summed E-state index contributed by atoms with van der Waals surface area (Å²) in [5.74, 6) is -0.804. The van der Waals surface area contributed by atoms with E-state index in [2.05, 4.69) is 4.98 Å². The minimum atomic E-state index is -0.288. The van der Waals surface area contributed by atoms with Gasteiger partial charge < -0.3 is 14.6 Å². The minimum Gasteiger partial charge on any atom is -0.469 e. The molecular formula is C14H18N2O4. The predicted octanol–water partition coefficient (Wildman–Crippen LogP) is 1.10. The molecule has 1 aromatic rings. The molecular weight excluding hydrogens is 260 g/mol. The van der Waals surface area contributed by atoms with Gasteiger partial charge in [0.05, 0.1) is 13.0 Å². The van der Waals surface area contributed by atoms with Crippen LogP contribution in [0.15, 0.2) is 12.3 Å². The molecule has 0 aliphatic carbocycles. The monoisotopic (exact) mass is 278 g/mol. The summed E-state index contributed by atoms with van der Waals surface area (Å²) < 4.78 is 4.74. The largest absolute Gasteiger partial charge is 0.469 e. The summed E-state index contributed by atoms with van der Waals surface area (Å²) in [5, 5.41) is 0. The Bertz CT molecular complexity index is 549. The van der Waals surface area contributed by atoms with Gasteiger partial charge in [0, 0.05) is 24.8 Å². The van der Waals surface area contributed by atoms with Gasteiger partial charge in [-0.05, 0) is 18.9 Å². The van der Waals surface area contributed by atoms with Gasteiger partial charge in [-0.25, -0.2) is 0 Å². The lowest BCUT2D eigenvalue weighted by atomic mass is 9.99. The number of ketones is 1. The molecule has 1 aliphatic rings. The Morgan fingerprint density at radius 1 is 1.35 bits per heavy atom. The number of amides is 1. The van der Waals surface area contributed by atoms with Crippen LogP contribution in [0.25, 0.3) is 0 Å². The fourth-order valence-corrected chi connectivity index (χ4v) is 2.48. The van der Waals surface area contributed by atoms with E-state index in [0.717, 1.165) is 0 Å². The zero-order valence-electron chi connectivity index (χ0n) is 11.8. The molecule has 1 aromatic heterocycles. The van der Waals surface area contributed by atoms with Gasteiger partial charge >= 0.3 is 5.97 Å². The summed E-state index contributed by atoms with van der Waals surface area (Å²) in [6, 6.07) is 1.54. The average molecular weight is 278 g/mol. The molecule has 2 rings (SSSR count). The van der Waals surface area contributed by atoms with E-state index in [1.165, 1.54) is 20.2 Å². The third kappa shape index (κ3) is 2.59. The normalized spacial score (nSPS) is 21.9. The summed E-state index contributed by atoms with van der Waals surface area (Å²) in [7, 11) is 1.35. The number of hydrogen-bond acceptors (Lipinski definition) is 4. The molecule has 1 saturated heterocycles. The molecule has 0 radical (unpaired) electrons. The molecule has 2 heterocycles. The summed E-state index contributed by atoms with van der Waals surface area (Å²) in [6.45, 7) is 4.22. The number of Topliss-reactive ketones (excluding diaryl/α,β-unsaturated/α-hetero) is 1. The number of H-pyrrole nitrogens is 1. The zero-order chi connectivity index (χ0) is 14.9. The summed E-state index contributed by atoms with van der Waals surface area (Å²) >= 11 is 0. The first-order valence-corrected chi connectivity index (χ1v) is 6.50. The molecule has 6 heteroatoms. The first-order chi connectivity index (χ1) is 9.43. The van der Waals surface area contributed by atoms with E-state index >= 15 is 0 Å². The van der Waals surface area contributed by atoms with Crippen LogP contribution in [0.5, 0.6) is 0 Å². The topological polar surface area (TPSA) is 79.5 Å². The van der Waals surface area contributed by atoms with Crippen molar-refractivity contribution in [3.8, 4) is 0 Å². The first-order valence-electron chi connectivity index (χ1n) is 6.50. The Labute approximate surface area is 117 Å². The van der Waals surface area contributed by atoms with Crippen molar-refractivity contribution in [1.29, 1.82) is 0 Å². The number of nitrogens with zero attached hydrogens (tertiary/aromatic N) is 1. The third-order valence-corrected chi connectivity index (χ3v) is 3.72. The molecule has 108 valence electrons. The van der Waals surface area contributed by atoms with Gasteiger partial charge in [-0.1, -0.05) is 6.92 Å². The first kappa shape index (κ1) is 14.3. The maximum atomic E-state index is 12.3. The number of carbonyl (C=O) groups is 3. The molecule has 0 spiro atoms. The van der Waals surface area contributed by atoms with Gasteiger partial charge in [-0.15, -0.1) is 0 Å². The van der Waals surface area contributed by atoms with Crippen molar-refractivity contribution in [2.24, 2.45) is 11.8 Å². The van der Waals surface area contributed by atoms with Gasteiger partial charge in [0.15, 0.2) is 5.78 Å². The summed E-state index contributed by atoms with van der Waals surface area (Å²) in [5.41, 5.74) is 0.845. The number of aromatic nitrogens is 1. The molecule has 1 fully saturated rings. The van der Waals surface area contributed by atoms with Crippen LogP contribution in [0.2, 0.25) is 0 Å². The quantitative estimate of drug-likeness (QED) is 0.663. The third-order valence-electron chi connectivity index (χ3n) is 3.72. The van der Waals surface area contributed by atoms with E-state index in [4.69, 9.17) is 4.74 Å². The number of likely N-dealkylation sites (tertiary alicyclic amines) is 1. The van der Waals surface area contributed by atoms with E-state index in [-0.39, 0.29) is 29.5 Å². The lowest BCUT2D eigenvalue weighted by Gasteiger charge is -2.14. The lowest BCUT2D eigenvalue weighted by Crippen LogP contribution is -2.30. The van der Waals surface area contributed by atoms with Crippen LogP contribution in [0.4, 0.5) is 0 Å². The van der Waals surface area contributed by atoms with Gasteiger partial charge in [0.1, 0.15) is 5.69 Å². The van der Waals surface area contributed by atoms with Gasteiger partial charge in [-0.2, -0.15) is 0 Å². The molecule has 0 aromatic carbocycles. The van der Waals surface area contributed by atoms with Crippen molar-refractivity contribution in [3.63, 3.8) is 0 Å². The Morgan fingerprint density at radius 2 is 2.05 bits per heavy atom. The highest BCUT2D eigenvalue weighted by Gasteiger charge is 2.38. The van der Waals surface area contributed by atoms with Crippen LogP contribution < -0.4 is 0 Å². The van der Waals surface area contributed by atoms with Crippen molar-refractivity contribution in [3.05, 3.63) is 23.5 Å². The summed E-state index contributed by atoms with van der Waals surface area (Å²) in [6.07, 6.45) is 1.52. The van der Waals surface area contributed by atoms with Gasteiger partial charge in [-0.3, -0.25) is 14.4 Å². The molecule has 6 nitrogen and oxygen atoms in total. The van der Waals surface area contributed by atoms with Crippen LogP contribution >= 0.6 is 0 Å². The van der Waals surface area contributed by atoms with E-state index < -0.39 is 0 Å². The fraction of sp³-hybridized carbons (Fsp3) is 0.500. The van der Waals surface area contributed by atoms with Crippen LogP contribution in [0.1, 0.15) is 34.7 Å². The van der Waals surface area contributed by atoms with Crippen LogP contribution in [0, 0.1) is 11.8 Å². The summed E-state index contributed by atoms with van der Waals surface area (Å²) in [4.78, 5) is 39.6. The molecule has 2 unspecified atom stereocenters. The number of rotatable bonds is 3. The maximum Gasteiger partial charge on any atom is 0.310 e. The number of esters is 1. The second kappa shape index (κ2) is 5.48. The van der Waals surface area contributed by atoms with Crippen LogP contribution in [0.3, 0.4) is 0 Å². The smallest absolute Gasteiger partial charge is 0.310 e. The molecule has 1 aliphatic heterocycles. The Hall–Kier alpha value is -2.11. The second-order valence-electron chi connectivity index (χ2n) is 5.18. The number of ether oxygens (including phenoxy) is 1.